The van der Waals surface area contributed by atoms with Crippen LogP contribution >= 0.6 is 11.6 Å². The van der Waals surface area contributed by atoms with Crippen LogP contribution in [0.25, 0.3) is 11.4 Å². The van der Waals surface area contributed by atoms with E-state index in [1.54, 1.807) is 11.0 Å². The van der Waals surface area contributed by atoms with Crippen LogP contribution in [0.4, 0.5) is 35.3 Å². The van der Waals surface area contributed by atoms with E-state index in [2.05, 4.69) is 21.8 Å². The lowest BCUT2D eigenvalue weighted by Crippen LogP contribution is -2.48. The van der Waals surface area contributed by atoms with Gasteiger partial charge in [0.2, 0.25) is 11.9 Å². The van der Waals surface area contributed by atoms with E-state index in [0.717, 1.165) is 25.6 Å². The van der Waals surface area contributed by atoms with Gasteiger partial charge in [-0.3, -0.25) is 0 Å². The molecule has 1 saturated carbocycles. The summed E-state index contributed by atoms with van der Waals surface area (Å²) in [7, 11) is 0. The molecule has 0 radical (unpaired) electrons. The molecule has 3 heterocycles. The van der Waals surface area contributed by atoms with Crippen molar-refractivity contribution in [2.45, 2.75) is 32.4 Å². The Labute approximate surface area is 223 Å². The Morgan fingerprint density at radius 1 is 1.03 bits per heavy atom. The van der Waals surface area contributed by atoms with Gasteiger partial charge >= 0.3 is 6.18 Å². The summed E-state index contributed by atoms with van der Waals surface area (Å²) in [5.41, 5.74) is -0.187. The van der Waals surface area contributed by atoms with E-state index in [-0.39, 0.29) is 10.8 Å². The highest BCUT2D eigenvalue weighted by molar-refractivity contribution is 6.31. The molecule has 1 aliphatic carbocycles. The van der Waals surface area contributed by atoms with Crippen LogP contribution in [0.3, 0.4) is 0 Å². The van der Waals surface area contributed by atoms with Crippen LogP contribution in [0.15, 0.2) is 36.5 Å². The van der Waals surface area contributed by atoms with Crippen molar-refractivity contribution in [3.8, 4) is 11.4 Å². The zero-order valence-electron chi connectivity index (χ0n) is 20.9. The molecular formula is C26H28ClF4N7. The summed E-state index contributed by atoms with van der Waals surface area (Å²) in [5.74, 6) is 1.33. The van der Waals surface area contributed by atoms with E-state index in [0.29, 0.717) is 55.4 Å². The van der Waals surface area contributed by atoms with Crippen molar-refractivity contribution in [3.63, 3.8) is 0 Å². The Kier molecular flexibility index (Phi) is 7.56. The van der Waals surface area contributed by atoms with Crippen molar-refractivity contribution >= 4 is 29.3 Å². The first-order valence-corrected chi connectivity index (χ1v) is 13.1. The van der Waals surface area contributed by atoms with Crippen LogP contribution in [0.5, 0.6) is 0 Å². The number of pyridine rings is 1. The number of rotatable bonds is 8. The zero-order chi connectivity index (χ0) is 26.9. The summed E-state index contributed by atoms with van der Waals surface area (Å²) < 4.78 is 54.5. The number of anilines is 3. The maximum Gasteiger partial charge on any atom is 0.419 e. The number of alkyl halides is 3. The van der Waals surface area contributed by atoms with Gasteiger partial charge in [0, 0.05) is 51.0 Å². The highest BCUT2D eigenvalue weighted by Crippen LogP contribution is 2.36. The molecule has 1 saturated heterocycles. The highest BCUT2D eigenvalue weighted by atomic mass is 35.5. The third kappa shape index (κ3) is 5.92. The molecule has 2 aliphatic rings. The van der Waals surface area contributed by atoms with Crippen molar-refractivity contribution < 1.29 is 17.6 Å². The predicted molar refractivity (Wildman–Crippen MR) is 139 cm³/mol. The molecule has 5 rings (SSSR count). The molecule has 1 aromatic carbocycles. The van der Waals surface area contributed by atoms with Crippen LogP contribution in [0.2, 0.25) is 5.02 Å². The zero-order valence-corrected chi connectivity index (χ0v) is 21.7. The van der Waals surface area contributed by atoms with E-state index in [4.69, 9.17) is 21.6 Å². The fourth-order valence-electron chi connectivity index (χ4n) is 4.54. The van der Waals surface area contributed by atoms with Gasteiger partial charge in [-0.05, 0) is 55.5 Å². The summed E-state index contributed by atoms with van der Waals surface area (Å²) in [6.07, 6.45) is 0.147. The molecule has 2 fully saturated rings. The number of piperazine rings is 1. The molecule has 1 aliphatic heterocycles. The fraction of sp³-hybridized carbons (Fsp3) is 0.462. The van der Waals surface area contributed by atoms with Gasteiger partial charge in [0.25, 0.3) is 0 Å². The molecule has 0 atom stereocenters. The number of benzene rings is 1. The summed E-state index contributed by atoms with van der Waals surface area (Å²) in [6.45, 7) is 5.15. The third-order valence-electron chi connectivity index (χ3n) is 6.70. The standard InChI is InChI=1S/C26H28ClF4N7/c1-2-10-38(16-17-5-6-17)25-34-22(18-7-8-21(28)20(27)15-18)33-24(35-25)37-13-11-36(12-14-37)23-19(26(29,30)31)4-3-9-32-23/h3-4,7-9,15,17H,2,5-6,10-14,16H2,1H3. The summed E-state index contributed by atoms with van der Waals surface area (Å²) in [5, 5.41) is -0.0288. The Bertz CT molecular complexity index is 1280. The van der Waals surface area contributed by atoms with Gasteiger partial charge in [0.05, 0.1) is 10.6 Å². The van der Waals surface area contributed by atoms with Crippen molar-refractivity contribution in [3.05, 3.63) is 52.9 Å². The van der Waals surface area contributed by atoms with E-state index in [1.165, 1.54) is 37.2 Å². The van der Waals surface area contributed by atoms with Gasteiger partial charge in [-0.15, -0.1) is 0 Å². The molecule has 0 bridgehead atoms. The van der Waals surface area contributed by atoms with Gasteiger partial charge in [0.15, 0.2) is 5.82 Å². The largest absolute Gasteiger partial charge is 0.419 e. The van der Waals surface area contributed by atoms with Gasteiger partial charge < -0.3 is 14.7 Å². The lowest BCUT2D eigenvalue weighted by molar-refractivity contribution is -0.137. The molecule has 12 heteroatoms. The lowest BCUT2D eigenvalue weighted by Gasteiger charge is -2.36. The Morgan fingerprint density at radius 2 is 1.76 bits per heavy atom. The number of hydrogen-bond donors (Lipinski definition) is 0. The molecule has 0 amide bonds. The molecule has 0 spiro atoms. The van der Waals surface area contributed by atoms with Crippen LogP contribution in [0, 0.1) is 11.7 Å². The molecule has 38 heavy (non-hydrogen) atoms. The quantitative estimate of drug-likeness (QED) is 0.334. The van der Waals surface area contributed by atoms with Crippen LogP contribution in [-0.2, 0) is 6.18 Å². The van der Waals surface area contributed by atoms with Crippen molar-refractivity contribution in [2.24, 2.45) is 5.92 Å². The second-order valence-corrected chi connectivity index (χ2v) is 10.0. The second kappa shape index (κ2) is 10.9. The smallest absolute Gasteiger partial charge is 0.353 e. The van der Waals surface area contributed by atoms with E-state index in [9.17, 15) is 17.6 Å². The maximum atomic E-state index is 13.8. The molecule has 7 nitrogen and oxygen atoms in total. The van der Waals surface area contributed by atoms with E-state index < -0.39 is 17.6 Å². The number of nitrogens with zero attached hydrogens (tertiary/aromatic N) is 7. The average Bonchev–Trinajstić information content (AvgIpc) is 3.73. The molecule has 202 valence electrons. The first-order chi connectivity index (χ1) is 18.2. The monoisotopic (exact) mass is 549 g/mol. The minimum atomic E-state index is -4.49. The first kappa shape index (κ1) is 26.4. The molecule has 0 unspecified atom stereocenters. The highest BCUT2D eigenvalue weighted by Gasteiger charge is 2.36. The molecule has 2 aromatic heterocycles. The maximum absolute atomic E-state index is 13.8. The minimum Gasteiger partial charge on any atom is -0.353 e. The van der Waals surface area contributed by atoms with E-state index >= 15 is 0 Å². The van der Waals surface area contributed by atoms with Gasteiger partial charge in [-0.25, -0.2) is 9.37 Å². The van der Waals surface area contributed by atoms with Gasteiger partial charge in [-0.1, -0.05) is 18.5 Å². The van der Waals surface area contributed by atoms with Gasteiger partial charge in [-0.2, -0.15) is 28.1 Å². The lowest BCUT2D eigenvalue weighted by atomic mass is 10.2. The summed E-state index contributed by atoms with van der Waals surface area (Å²) >= 11 is 6.04. The van der Waals surface area contributed by atoms with E-state index in [1.807, 2.05) is 4.90 Å². The van der Waals surface area contributed by atoms with Crippen molar-refractivity contribution in [2.75, 3.05) is 54.0 Å². The minimum absolute atomic E-state index is 0.0288. The molecule has 0 N–H and O–H groups in total. The summed E-state index contributed by atoms with van der Waals surface area (Å²) in [4.78, 5) is 23.9. The molecular weight excluding hydrogens is 522 g/mol. The first-order valence-electron chi connectivity index (χ1n) is 12.7. The number of halogens is 5. The Morgan fingerprint density at radius 3 is 2.42 bits per heavy atom. The third-order valence-corrected chi connectivity index (χ3v) is 6.99. The SMILES string of the molecule is CCCN(CC1CC1)c1nc(-c2ccc(F)c(Cl)c2)nc(N2CCN(c3ncccc3C(F)(F)F)CC2)n1. The second-order valence-electron chi connectivity index (χ2n) is 9.62. The Balaban J connectivity index is 1.44. The van der Waals surface area contributed by atoms with Gasteiger partial charge in [0.1, 0.15) is 11.6 Å². The number of aromatic nitrogens is 4. The van der Waals surface area contributed by atoms with Crippen LogP contribution < -0.4 is 14.7 Å². The van der Waals surface area contributed by atoms with Crippen molar-refractivity contribution in [1.29, 1.82) is 0 Å². The van der Waals surface area contributed by atoms with Crippen molar-refractivity contribution in [1.82, 2.24) is 19.9 Å². The Hall–Kier alpha value is -3.21. The van der Waals surface area contributed by atoms with Crippen LogP contribution in [0.1, 0.15) is 31.7 Å². The topological polar surface area (TPSA) is 61.3 Å². The molecule has 3 aromatic rings. The summed E-state index contributed by atoms with van der Waals surface area (Å²) in [6, 6.07) is 6.69. The predicted octanol–water partition coefficient (Wildman–Crippen LogP) is 5.70. The average molecular weight is 550 g/mol. The fourth-order valence-corrected chi connectivity index (χ4v) is 4.73. The number of hydrogen-bond acceptors (Lipinski definition) is 7. The van der Waals surface area contributed by atoms with Crippen LogP contribution in [-0.4, -0.2) is 59.2 Å². The normalized spacial score (nSPS) is 16.2.